The molecular weight excluding hydrogens is 466 g/mol. The first kappa shape index (κ1) is 24.9. The lowest BCUT2D eigenvalue weighted by Gasteiger charge is -2.25. The summed E-state index contributed by atoms with van der Waals surface area (Å²) in [6.07, 6.45) is 2.81. The van der Waals surface area contributed by atoms with Crippen molar-refractivity contribution >= 4 is 17.1 Å². The number of aryl methyl sites for hydroxylation is 3. The average molecular weight is 500 g/mol. The second kappa shape index (κ2) is 10.3. The number of rotatable bonds is 7. The minimum Gasteiger partial charge on any atom is -0.489 e. The number of carboxylic acid groups (broad SMARTS) is 1. The third kappa shape index (κ3) is 5.06. The summed E-state index contributed by atoms with van der Waals surface area (Å²) >= 11 is 0. The number of para-hydroxylation sites is 1. The fraction of sp³-hybridized carbons (Fsp3) is 0.379. The molecule has 192 valence electrons. The Kier molecular flexibility index (Phi) is 6.93. The van der Waals surface area contributed by atoms with Crippen LogP contribution < -0.4 is 4.74 Å². The first-order chi connectivity index (χ1) is 17.8. The summed E-state index contributed by atoms with van der Waals surface area (Å²) in [4.78, 5) is 18.9. The summed E-state index contributed by atoms with van der Waals surface area (Å²) in [5.41, 5.74) is 7.71. The number of carbonyl (C=O) groups is 1. The Hall–Kier alpha value is -3.78. The number of carboxylic acids is 1. The highest BCUT2D eigenvalue weighted by Gasteiger charge is 2.25. The molecule has 8 nitrogen and oxygen atoms in total. The maximum absolute atomic E-state index is 12.0. The summed E-state index contributed by atoms with van der Waals surface area (Å²) in [6.45, 7) is 8.64. The molecule has 4 aromatic rings. The molecule has 0 spiro atoms. The van der Waals surface area contributed by atoms with Crippen LogP contribution in [0.25, 0.3) is 11.2 Å². The van der Waals surface area contributed by atoms with Crippen LogP contribution in [0.3, 0.4) is 0 Å². The number of fused-ring (bicyclic) bond motifs is 2. The molecule has 2 aromatic heterocycles. The fourth-order valence-electron chi connectivity index (χ4n) is 5.25. The van der Waals surface area contributed by atoms with E-state index in [9.17, 15) is 9.90 Å². The predicted octanol–water partition coefficient (Wildman–Crippen LogP) is 4.76. The Bertz CT molecular complexity index is 1450. The molecule has 1 N–H and O–H groups in total. The van der Waals surface area contributed by atoms with Gasteiger partial charge in [-0.15, -0.1) is 5.10 Å². The number of hydrogen-bond acceptors (Lipinski definition) is 6. The van der Waals surface area contributed by atoms with E-state index in [1.54, 1.807) is 17.9 Å². The van der Waals surface area contributed by atoms with Gasteiger partial charge in [-0.25, -0.2) is 9.67 Å². The van der Waals surface area contributed by atoms with Gasteiger partial charge in [-0.2, -0.15) is 0 Å². The van der Waals surface area contributed by atoms with E-state index in [-0.39, 0.29) is 18.4 Å². The van der Waals surface area contributed by atoms with Crippen LogP contribution in [0, 0.1) is 13.8 Å². The fourth-order valence-corrected chi connectivity index (χ4v) is 5.25. The van der Waals surface area contributed by atoms with E-state index in [0.29, 0.717) is 11.2 Å². The lowest BCUT2D eigenvalue weighted by atomic mass is 9.85. The van der Waals surface area contributed by atoms with Gasteiger partial charge in [-0.3, -0.25) is 9.69 Å². The molecule has 0 saturated heterocycles. The van der Waals surface area contributed by atoms with E-state index in [1.807, 2.05) is 25.1 Å². The number of pyridine rings is 1. The molecule has 8 heteroatoms. The van der Waals surface area contributed by atoms with Crippen molar-refractivity contribution in [2.75, 3.05) is 6.54 Å². The standard InChI is InChI=1S/C29H33N5O3/c1-5-23-17-34(15-21-8-6-7-9-26(21)37-23)16-22-12-20(11-10-18(22)2)24(13-27(35)36)25-14-30-29-28(19(25)3)31-32-33(29)4/h6-12,14,23-24H,5,13,15-17H2,1-4H3,(H,35,36). The van der Waals surface area contributed by atoms with Gasteiger partial charge in [0.05, 0.1) is 6.42 Å². The predicted molar refractivity (Wildman–Crippen MR) is 142 cm³/mol. The number of aromatic nitrogens is 4. The van der Waals surface area contributed by atoms with Crippen LogP contribution in [-0.4, -0.2) is 48.6 Å². The van der Waals surface area contributed by atoms with E-state index in [0.717, 1.165) is 48.5 Å². The van der Waals surface area contributed by atoms with Crippen LogP contribution in [0.1, 0.15) is 59.1 Å². The Labute approximate surface area is 216 Å². The summed E-state index contributed by atoms with van der Waals surface area (Å²) in [5.74, 6) is -0.226. The smallest absolute Gasteiger partial charge is 0.304 e. The van der Waals surface area contributed by atoms with Crippen molar-refractivity contribution in [2.45, 2.75) is 58.7 Å². The molecule has 5 rings (SSSR count). The van der Waals surface area contributed by atoms with E-state index in [1.165, 1.54) is 16.7 Å². The molecule has 2 aromatic carbocycles. The summed E-state index contributed by atoms with van der Waals surface area (Å²) in [6, 6.07) is 14.6. The van der Waals surface area contributed by atoms with E-state index in [2.05, 4.69) is 58.3 Å². The number of hydrogen-bond donors (Lipinski definition) is 1. The number of aliphatic carboxylic acids is 1. The first-order valence-electron chi connectivity index (χ1n) is 12.8. The molecule has 0 amide bonds. The molecule has 0 radical (unpaired) electrons. The Morgan fingerprint density at radius 1 is 1.22 bits per heavy atom. The van der Waals surface area contributed by atoms with E-state index >= 15 is 0 Å². The zero-order valence-electron chi connectivity index (χ0n) is 21.8. The zero-order chi connectivity index (χ0) is 26.1. The number of nitrogens with zero attached hydrogens (tertiary/aromatic N) is 5. The van der Waals surface area contributed by atoms with E-state index < -0.39 is 5.97 Å². The number of benzene rings is 2. The van der Waals surface area contributed by atoms with Crippen molar-refractivity contribution in [3.8, 4) is 5.75 Å². The van der Waals surface area contributed by atoms with Gasteiger partial charge in [0.15, 0.2) is 5.65 Å². The van der Waals surface area contributed by atoms with Gasteiger partial charge in [0.25, 0.3) is 0 Å². The topological polar surface area (TPSA) is 93.4 Å². The van der Waals surface area contributed by atoms with Crippen LogP contribution in [0.15, 0.2) is 48.7 Å². The third-order valence-electron chi connectivity index (χ3n) is 7.41. The van der Waals surface area contributed by atoms with Gasteiger partial charge in [0.2, 0.25) is 0 Å². The monoisotopic (exact) mass is 499 g/mol. The molecule has 1 aliphatic heterocycles. The summed E-state index contributed by atoms with van der Waals surface area (Å²) in [5, 5.41) is 18.2. The van der Waals surface area contributed by atoms with Crippen LogP contribution in [-0.2, 0) is 24.9 Å². The van der Waals surface area contributed by atoms with E-state index in [4.69, 9.17) is 4.74 Å². The van der Waals surface area contributed by atoms with Crippen molar-refractivity contribution < 1.29 is 14.6 Å². The summed E-state index contributed by atoms with van der Waals surface area (Å²) < 4.78 is 7.93. The van der Waals surface area contributed by atoms with Gasteiger partial charge >= 0.3 is 5.97 Å². The molecule has 1 aliphatic rings. The van der Waals surface area contributed by atoms with Gasteiger partial charge in [-0.1, -0.05) is 48.5 Å². The highest BCUT2D eigenvalue weighted by Crippen LogP contribution is 2.34. The highest BCUT2D eigenvalue weighted by molar-refractivity contribution is 5.76. The van der Waals surface area contributed by atoms with Crippen molar-refractivity contribution in [1.82, 2.24) is 24.9 Å². The molecule has 3 heterocycles. The van der Waals surface area contributed by atoms with Crippen LogP contribution >= 0.6 is 0 Å². The molecule has 0 aliphatic carbocycles. The van der Waals surface area contributed by atoms with Gasteiger partial charge in [-0.05, 0) is 54.2 Å². The van der Waals surface area contributed by atoms with Gasteiger partial charge < -0.3 is 9.84 Å². The minimum atomic E-state index is -0.849. The molecule has 0 saturated carbocycles. The highest BCUT2D eigenvalue weighted by atomic mass is 16.5. The normalized spacial score (nSPS) is 16.7. The Balaban J connectivity index is 1.50. The van der Waals surface area contributed by atoms with Gasteiger partial charge in [0, 0.05) is 44.4 Å². The maximum atomic E-state index is 12.0. The first-order valence-corrected chi connectivity index (χ1v) is 12.8. The van der Waals surface area contributed by atoms with Crippen LogP contribution in [0.4, 0.5) is 0 Å². The zero-order valence-corrected chi connectivity index (χ0v) is 21.8. The molecule has 2 unspecified atom stereocenters. The van der Waals surface area contributed by atoms with Crippen LogP contribution in [0.2, 0.25) is 0 Å². The Morgan fingerprint density at radius 2 is 2.03 bits per heavy atom. The average Bonchev–Trinajstić information content (AvgIpc) is 3.16. The Morgan fingerprint density at radius 3 is 2.81 bits per heavy atom. The minimum absolute atomic E-state index is 0.0281. The lowest BCUT2D eigenvalue weighted by Crippen LogP contribution is -2.32. The van der Waals surface area contributed by atoms with Crippen molar-refractivity contribution in [2.24, 2.45) is 7.05 Å². The van der Waals surface area contributed by atoms with Crippen LogP contribution in [0.5, 0.6) is 5.75 Å². The maximum Gasteiger partial charge on any atom is 0.304 e. The molecule has 0 fully saturated rings. The second-order valence-corrected chi connectivity index (χ2v) is 9.99. The quantitative estimate of drug-likeness (QED) is 0.392. The summed E-state index contributed by atoms with van der Waals surface area (Å²) in [7, 11) is 1.80. The number of ether oxygens (including phenoxy) is 1. The molecule has 37 heavy (non-hydrogen) atoms. The second-order valence-electron chi connectivity index (χ2n) is 9.99. The van der Waals surface area contributed by atoms with Crippen molar-refractivity contribution in [1.29, 1.82) is 0 Å². The largest absolute Gasteiger partial charge is 0.489 e. The van der Waals surface area contributed by atoms with Crippen molar-refractivity contribution in [3.05, 3.63) is 82.0 Å². The lowest BCUT2D eigenvalue weighted by molar-refractivity contribution is -0.137. The van der Waals surface area contributed by atoms with Gasteiger partial charge in [0.1, 0.15) is 17.4 Å². The molecule has 2 atom stereocenters. The third-order valence-corrected chi connectivity index (χ3v) is 7.41. The SMILES string of the molecule is CCC1CN(Cc2cc(C(CC(=O)O)c3cnc4c(nnn4C)c3C)ccc2C)Cc2ccccc2O1. The molecular formula is C29H33N5O3. The van der Waals surface area contributed by atoms with Crippen molar-refractivity contribution in [3.63, 3.8) is 0 Å². The molecule has 0 bridgehead atoms.